The number of nitrogens with two attached hydrogens (primary N) is 1. The number of hydrogen-bond donors (Lipinski definition) is 3. The summed E-state index contributed by atoms with van der Waals surface area (Å²) in [5.74, 6) is -0.625. The van der Waals surface area contributed by atoms with Gasteiger partial charge in [-0.15, -0.1) is 0 Å². The summed E-state index contributed by atoms with van der Waals surface area (Å²) in [6.45, 7) is -0.306. The van der Waals surface area contributed by atoms with Gasteiger partial charge in [-0.05, 0) is 12.3 Å². The molecule has 0 radical (unpaired) electrons. The molecule has 0 saturated heterocycles. The van der Waals surface area contributed by atoms with Crippen LogP contribution in [0, 0.1) is 11.8 Å². The van der Waals surface area contributed by atoms with Gasteiger partial charge in [-0.3, -0.25) is 0 Å². The third-order valence-corrected chi connectivity index (χ3v) is 2.44. The summed E-state index contributed by atoms with van der Waals surface area (Å²) in [4.78, 5) is 0. The quantitative estimate of drug-likeness (QED) is 0.503. The lowest BCUT2D eigenvalue weighted by Crippen LogP contribution is -2.30. The highest BCUT2D eigenvalue weighted by molar-refractivity contribution is 4.92. The molecule has 0 bridgehead atoms. The van der Waals surface area contributed by atoms with E-state index in [1.54, 1.807) is 0 Å². The molecule has 0 aromatic rings. The van der Waals surface area contributed by atoms with Crippen molar-refractivity contribution in [1.29, 1.82) is 0 Å². The van der Waals surface area contributed by atoms with Crippen LogP contribution in [0.4, 0.5) is 4.39 Å². The average Bonchev–Trinajstić information content (AvgIpc) is 2.28. The Morgan fingerprint density at radius 1 is 1.36 bits per heavy atom. The minimum absolute atomic E-state index is 0.0840. The van der Waals surface area contributed by atoms with E-state index in [4.69, 9.17) is 15.9 Å². The maximum absolute atomic E-state index is 13.0. The smallest absolute Gasteiger partial charge is 0.120 e. The fourth-order valence-electron chi connectivity index (χ4n) is 1.69. The first-order chi connectivity index (χ1) is 5.20. The second-order valence-corrected chi connectivity index (χ2v) is 3.13. The van der Waals surface area contributed by atoms with E-state index in [-0.39, 0.29) is 19.1 Å². The molecule has 1 aliphatic rings. The van der Waals surface area contributed by atoms with Crippen LogP contribution in [0.3, 0.4) is 0 Å². The van der Waals surface area contributed by atoms with E-state index in [0.29, 0.717) is 6.42 Å². The van der Waals surface area contributed by atoms with E-state index in [1.165, 1.54) is 0 Å². The molecule has 0 aromatic heterocycles. The molecule has 1 saturated carbocycles. The lowest BCUT2D eigenvalue weighted by molar-refractivity contribution is 0.0995. The molecular formula is C7H14FNO2. The second-order valence-electron chi connectivity index (χ2n) is 3.13. The van der Waals surface area contributed by atoms with E-state index >= 15 is 0 Å². The highest BCUT2D eigenvalue weighted by Crippen LogP contribution is 2.32. The van der Waals surface area contributed by atoms with Crippen molar-refractivity contribution in [3.8, 4) is 0 Å². The Morgan fingerprint density at radius 2 is 2.00 bits per heavy atom. The minimum Gasteiger partial charge on any atom is -0.396 e. The predicted molar refractivity (Wildman–Crippen MR) is 38.6 cm³/mol. The molecule has 0 aromatic carbocycles. The Morgan fingerprint density at radius 3 is 2.36 bits per heavy atom. The standard InChI is InChI=1S/C7H14FNO2/c8-7-5(3-11)4(2-10)1-6(7)9/h4-7,10-11H,1-3,9H2/t4-,5-,6-,7+/m1/s1. The maximum Gasteiger partial charge on any atom is 0.120 e. The molecule has 1 fully saturated rings. The molecule has 0 unspecified atom stereocenters. The van der Waals surface area contributed by atoms with Gasteiger partial charge in [0.1, 0.15) is 6.17 Å². The first-order valence-corrected chi connectivity index (χ1v) is 3.82. The molecular weight excluding hydrogens is 149 g/mol. The number of aliphatic hydroxyl groups excluding tert-OH is 2. The summed E-state index contributed by atoms with van der Waals surface area (Å²) in [6.07, 6.45) is -0.680. The summed E-state index contributed by atoms with van der Waals surface area (Å²) < 4.78 is 13.0. The molecule has 1 aliphatic carbocycles. The van der Waals surface area contributed by atoms with Crippen molar-refractivity contribution in [1.82, 2.24) is 0 Å². The topological polar surface area (TPSA) is 66.5 Å². The van der Waals surface area contributed by atoms with Crippen LogP contribution >= 0.6 is 0 Å². The molecule has 0 spiro atoms. The van der Waals surface area contributed by atoms with Crippen LogP contribution in [-0.2, 0) is 0 Å². The van der Waals surface area contributed by atoms with Crippen LogP contribution in [0.15, 0.2) is 0 Å². The minimum atomic E-state index is -1.16. The average molecular weight is 163 g/mol. The summed E-state index contributed by atoms with van der Waals surface area (Å²) in [7, 11) is 0. The van der Waals surface area contributed by atoms with E-state index in [2.05, 4.69) is 0 Å². The number of alkyl halides is 1. The maximum atomic E-state index is 13.0. The number of hydrogen-bond acceptors (Lipinski definition) is 3. The summed E-state index contributed by atoms with van der Waals surface area (Å²) in [6, 6.07) is -0.510. The van der Waals surface area contributed by atoms with E-state index in [1.807, 2.05) is 0 Å². The van der Waals surface area contributed by atoms with Gasteiger partial charge in [-0.2, -0.15) is 0 Å². The van der Waals surface area contributed by atoms with Crippen molar-refractivity contribution >= 4 is 0 Å². The largest absolute Gasteiger partial charge is 0.396 e. The summed E-state index contributed by atoms with van der Waals surface area (Å²) in [5.41, 5.74) is 5.41. The molecule has 4 N–H and O–H groups in total. The zero-order chi connectivity index (χ0) is 8.43. The summed E-state index contributed by atoms with van der Waals surface area (Å²) in [5, 5.41) is 17.5. The van der Waals surface area contributed by atoms with Crippen molar-refractivity contribution in [3.05, 3.63) is 0 Å². The zero-order valence-electron chi connectivity index (χ0n) is 6.28. The van der Waals surface area contributed by atoms with Gasteiger partial charge in [0.25, 0.3) is 0 Å². The van der Waals surface area contributed by atoms with Gasteiger partial charge in [0.05, 0.1) is 0 Å². The van der Waals surface area contributed by atoms with Crippen LogP contribution in [0.25, 0.3) is 0 Å². The molecule has 3 nitrogen and oxygen atoms in total. The van der Waals surface area contributed by atoms with Crippen LogP contribution in [-0.4, -0.2) is 35.6 Å². The van der Waals surface area contributed by atoms with Gasteiger partial charge in [0.2, 0.25) is 0 Å². The van der Waals surface area contributed by atoms with Crippen molar-refractivity contribution in [2.75, 3.05) is 13.2 Å². The van der Waals surface area contributed by atoms with Gasteiger partial charge in [-0.1, -0.05) is 0 Å². The molecule has 66 valence electrons. The van der Waals surface area contributed by atoms with Crippen LogP contribution < -0.4 is 5.73 Å². The zero-order valence-corrected chi connectivity index (χ0v) is 6.28. The molecule has 11 heavy (non-hydrogen) atoms. The van der Waals surface area contributed by atoms with Gasteiger partial charge >= 0.3 is 0 Å². The Labute approximate surface area is 65.0 Å². The first-order valence-electron chi connectivity index (χ1n) is 3.82. The van der Waals surface area contributed by atoms with Crippen molar-refractivity contribution in [2.24, 2.45) is 17.6 Å². The Bertz CT molecular complexity index is 134. The van der Waals surface area contributed by atoms with Crippen LogP contribution in [0.1, 0.15) is 6.42 Å². The van der Waals surface area contributed by atoms with Crippen LogP contribution in [0.5, 0.6) is 0 Å². The van der Waals surface area contributed by atoms with Crippen LogP contribution in [0.2, 0.25) is 0 Å². The second kappa shape index (κ2) is 3.47. The Hall–Kier alpha value is -0.190. The normalized spacial score (nSPS) is 44.7. The highest BCUT2D eigenvalue weighted by atomic mass is 19.1. The monoisotopic (exact) mass is 163 g/mol. The molecule has 0 heterocycles. The lowest BCUT2D eigenvalue weighted by atomic mass is 9.97. The third kappa shape index (κ3) is 1.52. The Kier molecular flexibility index (Phi) is 2.81. The van der Waals surface area contributed by atoms with Gasteiger partial charge < -0.3 is 15.9 Å². The highest BCUT2D eigenvalue weighted by Gasteiger charge is 2.40. The molecule has 0 aliphatic heterocycles. The summed E-state index contributed by atoms with van der Waals surface area (Å²) >= 11 is 0. The predicted octanol–water partition coefficient (Wildman–Crippen LogP) is -0.728. The molecule has 4 heteroatoms. The van der Waals surface area contributed by atoms with Crippen molar-refractivity contribution < 1.29 is 14.6 Å². The fraction of sp³-hybridized carbons (Fsp3) is 1.00. The molecule has 4 atom stereocenters. The fourth-order valence-corrected chi connectivity index (χ4v) is 1.69. The Balaban J connectivity index is 2.57. The number of rotatable bonds is 2. The first kappa shape index (κ1) is 8.90. The van der Waals surface area contributed by atoms with Crippen molar-refractivity contribution in [3.63, 3.8) is 0 Å². The molecule has 0 amide bonds. The van der Waals surface area contributed by atoms with Gasteiger partial charge in [0, 0.05) is 25.2 Å². The van der Waals surface area contributed by atoms with E-state index in [9.17, 15) is 4.39 Å². The van der Waals surface area contributed by atoms with Gasteiger partial charge in [0.15, 0.2) is 0 Å². The van der Waals surface area contributed by atoms with E-state index in [0.717, 1.165) is 0 Å². The van der Waals surface area contributed by atoms with E-state index < -0.39 is 18.1 Å². The van der Waals surface area contributed by atoms with Crippen molar-refractivity contribution in [2.45, 2.75) is 18.6 Å². The van der Waals surface area contributed by atoms with Gasteiger partial charge in [-0.25, -0.2) is 4.39 Å². The lowest BCUT2D eigenvalue weighted by Gasteiger charge is -2.15. The number of aliphatic hydroxyl groups is 2. The SMILES string of the molecule is N[C@@H]1C[C@H](CO)[C@@H](CO)[C@@H]1F. The molecule has 1 rings (SSSR count). The number of halogens is 1. The third-order valence-electron chi connectivity index (χ3n) is 2.44.